The minimum Gasteiger partial charge on any atom is -0.497 e. The molecule has 1 aromatic rings. The number of hydrogen-bond donors (Lipinski definition) is 0. The van der Waals surface area contributed by atoms with Gasteiger partial charge in [-0.05, 0) is 56.6 Å². The highest BCUT2D eigenvalue weighted by atomic mass is 16.5. The van der Waals surface area contributed by atoms with Crippen LogP contribution >= 0.6 is 0 Å². The van der Waals surface area contributed by atoms with Gasteiger partial charge in [-0.2, -0.15) is 0 Å². The van der Waals surface area contributed by atoms with Gasteiger partial charge in [0.05, 0.1) is 7.11 Å². The maximum Gasteiger partial charge on any atom is 0.118 e. The maximum absolute atomic E-state index is 5.23. The first-order valence-corrected chi connectivity index (χ1v) is 7.94. The first-order valence-electron chi connectivity index (χ1n) is 7.94. The van der Waals surface area contributed by atoms with E-state index in [1.165, 1.54) is 57.4 Å². The van der Waals surface area contributed by atoms with E-state index in [9.17, 15) is 0 Å². The van der Waals surface area contributed by atoms with Gasteiger partial charge in [-0.15, -0.1) is 0 Å². The molecule has 3 nitrogen and oxygen atoms in total. The van der Waals surface area contributed by atoms with Gasteiger partial charge >= 0.3 is 0 Å². The zero-order valence-corrected chi connectivity index (χ0v) is 12.6. The van der Waals surface area contributed by atoms with Gasteiger partial charge in [0, 0.05) is 19.1 Å². The highest BCUT2D eigenvalue weighted by Crippen LogP contribution is 2.22. The van der Waals surface area contributed by atoms with E-state index in [2.05, 4.69) is 34.1 Å². The fraction of sp³-hybridized carbons (Fsp3) is 0.647. The van der Waals surface area contributed by atoms with Crippen LogP contribution < -0.4 is 4.74 Å². The topological polar surface area (TPSA) is 15.7 Å². The molecule has 1 aromatic carbocycles. The summed E-state index contributed by atoms with van der Waals surface area (Å²) in [7, 11) is 1.72. The van der Waals surface area contributed by atoms with Crippen molar-refractivity contribution in [3.05, 3.63) is 29.8 Å². The molecule has 110 valence electrons. The quantitative estimate of drug-likeness (QED) is 0.843. The number of methoxy groups -OCH3 is 1. The molecule has 3 rings (SSSR count). The molecule has 0 radical (unpaired) electrons. The van der Waals surface area contributed by atoms with Crippen molar-refractivity contribution in [3.8, 4) is 5.75 Å². The average Bonchev–Trinajstić information content (AvgIpc) is 2.69. The van der Waals surface area contributed by atoms with E-state index >= 15 is 0 Å². The molecule has 0 spiro atoms. The summed E-state index contributed by atoms with van der Waals surface area (Å²) in [4.78, 5) is 5.36. The van der Waals surface area contributed by atoms with Gasteiger partial charge in [0.1, 0.15) is 5.75 Å². The molecule has 0 N–H and O–H groups in total. The molecule has 1 atom stereocenters. The van der Waals surface area contributed by atoms with Crippen LogP contribution in [0.25, 0.3) is 0 Å². The van der Waals surface area contributed by atoms with Crippen LogP contribution in [0.2, 0.25) is 0 Å². The monoisotopic (exact) mass is 274 g/mol. The summed E-state index contributed by atoms with van der Waals surface area (Å²) in [5.74, 6) is 0.947. The van der Waals surface area contributed by atoms with Gasteiger partial charge in [0.2, 0.25) is 0 Å². The first-order chi connectivity index (χ1) is 9.85. The molecule has 0 bridgehead atoms. The Kier molecular flexibility index (Phi) is 4.58. The van der Waals surface area contributed by atoms with Crippen LogP contribution in [-0.4, -0.2) is 49.1 Å². The Balaban J connectivity index is 1.61. The number of piperidine rings is 1. The number of nitrogens with zero attached hydrogens (tertiary/aromatic N) is 2. The van der Waals surface area contributed by atoms with Crippen molar-refractivity contribution < 1.29 is 4.74 Å². The summed E-state index contributed by atoms with van der Waals surface area (Å²) >= 11 is 0. The van der Waals surface area contributed by atoms with Crippen molar-refractivity contribution in [3.63, 3.8) is 0 Å². The highest BCUT2D eigenvalue weighted by molar-refractivity contribution is 5.27. The lowest BCUT2D eigenvalue weighted by atomic mass is 10.0. The van der Waals surface area contributed by atoms with Crippen molar-refractivity contribution >= 4 is 0 Å². The Bertz CT molecular complexity index is 418. The summed E-state index contributed by atoms with van der Waals surface area (Å²) in [6.45, 7) is 6.17. The van der Waals surface area contributed by atoms with Crippen LogP contribution in [0.4, 0.5) is 0 Å². The second-order valence-corrected chi connectivity index (χ2v) is 6.12. The molecular weight excluding hydrogens is 248 g/mol. The first kappa shape index (κ1) is 13.9. The molecule has 0 aromatic heterocycles. The molecular formula is C17H26N2O. The molecule has 0 amide bonds. The number of ether oxygens (including phenoxy) is 1. The number of benzene rings is 1. The van der Waals surface area contributed by atoms with Crippen molar-refractivity contribution in [1.29, 1.82) is 0 Å². The largest absolute Gasteiger partial charge is 0.497 e. The smallest absolute Gasteiger partial charge is 0.118 e. The molecule has 1 unspecified atom stereocenters. The maximum atomic E-state index is 5.23. The van der Waals surface area contributed by atoms with Crippen molar-refractivity contribution in [2.24, 2.45) is 0 Å². The number of fused-ring (bicyclic) bond motifs is 1. The van der Waals surface area contributed by atoms with E-state index in [1.807, 2.05) is 0 Å². The summed E-state index contributed by atoms with van der Waals surface area (Å²) in [5, 5.41) is 0. The van der Waals surface area contributed by atoms with Crippen LogP contribution in [0.3, 0.4) is 0 Å². The van der Waals surface area contributed by atoms with Gasteiger partial charge in [-0.1, -0.05) is 18.6 Å². The van der Waals surface area contributed by atoms with Crippen LogP contribution in [0.5, 0.6) is 5.75 Å². The molecule has 2 saturated heterocycles. The SMILES string of the molecule is COc1ccc(CN2CCCN3CCCCC3C2)cc1. The minimum absolute atomic E-state index is 0.796. The zero-order valence-electron chi connectivity index (χ0n) is 12.6. The van der Waals surface area contributed by atoms with Gasteiger partial charge < -0.3 is 4.74 Å². The second-order valence-electron chi connectivity index (χ2n) is 6.12. The van der Waals surface area contributed by atoms with E-state index in [0.29, 0.717) is 0 Å². The third-order valence-electron chi connectivity index (χ3n) is 4.70. The van der Waals surface area contributed by atoms with E-state index in [-0.39, 0.29) is 0 Å². The Morgan fingerprint density at radius 3 is 2.65 bits per heavy atom. The summed E-state index contributed by atoms with van der Waals surface area (Å²) in [6.07, 6.45) is 5.51. The molecule has 2 fully saturated rings. The molecule has 2 aliphatic rings. The minimum atomic E-state index is 0.796. The van der Waals surface area contributed by atoms with E-state index in [1.54, 1.807) is 7.11 Å². The third-order valence-corrected chi connectivity index (χ3v) is 4.70. The van der Waals surface area contributed by atoms with Gasteiger partial charge in [0.15, 0.2) is 0 Å². The summed E-state index contributed by atoms with van der Waals surface area (Å²) in [6, 6.07) is 9.33. The Morgan fingerprint density at radius 2 is 1.85 bits per heavy atom. The van der Waals surface area contributed by atoms with Crippen molar-refractivity contribution in [1.82, 2.24) is 9.80 Å². The Morgan fingerprint density at radius 1 is 1.05 bits per heavy atom. The van der Waals surface area contributed by atoms with Crippen molar-refractivity contribution in [2.45, 2.75) is 38.3 Å². The normalized spacial score (nSPS) is 24.9. The highest BCUT2D eigenvalue weighted by Gasteiger charge is 2.26. The van der Waals surface area contributed by atoms with Gasteiger partial charge in [-0.3, -0.25) is 9.80 Å². The summed E-state index contributed by atoms with van der Waals surface area (Å²) < 4.78 is 5.23. The molecule has 0 saturated carbocycles. The van der Waals surface area contributed by atoms with Crippen molar-refractivity contribution in [2.75, 3.05) is 33.3 Å². The summed E-state index contributed by atoms with van der Waals surface area (Å²) in [5.41, 5.74) is 1.40. The standard InChI is InChI=1S/C17H26N2O/c1-20-17-8-6-15(7-9-17)13-18-10-4-12-19-11-3-2-5-16(19)14-18/h6-9,16H,2-5,10-14H2,1H3. The van der Waals surface area contributed by atoms with Gasteiger partial charge in [-0.25, -0.2) is 0 Å². The van der Waals surface area contributed by atoms with Crippen LogP contribution in [0.1, 0.15) is 31.2 Å². The van der Waals surface area contributed by atoms with Crippen LogP contribution in [-0.2, 0) is 6.54 Å². The average molecular weight is 274 g/mol. The van der Waals surface area contributed by atoms with E-state index in [4.69, 9.17) is 4.74 Å². The lowest BCUT2D eigenvalue weighted by Crippen LogP contribution is -2.43. The second kappa shape index (κ2) is 6.59. The number of hydrogen-bond acceptors (Lipinski definition) is 3. The van der Waals surface area contributed by atoms with E-state index < -0.39 is 0 Å². The lowest BCUT2D eigenvalue weighted by Gasteiger charge is -2.35. The van der Waals surface area contributed by atoms with Crippen LogP contribution in [0.15, 0.2) is 24.3 Å². The van der Waals surface area contributed by atoms with Gasteiger partial charge in [0.25, 0.3) is 0 Å². The number of rotatable bonds is 3. The lowest BCUT2D eigenvalue weighted by molar-refractivity contribution is 0.135. The predicted molar refractivity (Wildman–Crippen MR) is 82.1 cm³/mol. The molecule has 2 heterocycles. The fourth-order valence-corrected chi connectivity index (χ4v) is 3.58. The van der Waals surface area contributed by atoms with E-state index in [0.717, 1.165) is 18.3 Å². The molecule has 3 heteroatoms. The Hall–Kier alpha value is -1.06. The Labute approximate surface area is 122 Å². The zero-order chi connectivity index (χ0) is 13.8. The fourth-order valence-electron chi connectivity index (χ4n) is 3.58. The van der Waals surface area contributed by atoms with Crippen LogP contribution in [0, 0.1) is 0 Å². The molecule has 2 aliphatic heterocycles. The molecule has 0 aliphatic carbocycles. The third kappa shape index (κ3) is 3.33. The predicted octanol–water partition coefficient (Wildman–Crippen LogP) is 2.76. The molecule has 20 heavy (non-hydrogen) atoms.